The minimum Gasteiger partial charge on any atom is -0.384 e. The van der Waals surface area contributed by atoms with Gasteiger partial charge in [0.25, 0.3) is 5.91 Å². The van der Waals surface area contributed by atoms with Crippen molar-refractivity contribution in [3.05, 3.63) is 28.8 Å². The van der Waals surface area contributed by atoms with Crippen LogP contribution >= 0.6 is 11.6 Å². The molecule has 122 valence electrons. The second-order valence-corrected chi connectivity index (χ2v) is 8.30. The molecule has 1 aliphatic heterocycles. The van der Waals surface area contributed by atoms with E-state index >= 15 is 0 Å². The highest BCUT2D eigenvalue weighted by molar-refractivity contribution is 7.90. The van der Waals surface area contributed by atoms with Gasteiger partial charge in [0, 0.05) is 36.6 Å². The first-order chi connectivity index (χ1) is 10.4. The van der Waals surface area contributed by atoms with Gasteiger partial charge in [-0.05, 0) is 37.5 Å². The van der Waals surface area contributed by atoms with Crippen LogP contribution in [0.2, 0.25) is 5.02 Å². The summed E-state index contributed by atoms with van der Waals surface area (Å²) in [5.41, 5.74) is 1.25. The third kappa shape index (κ3) is 4.88. The van der Waals surface area contributed by atoms with Crippen molar-refractivity contribution in [1.29, 1.82) is 0 Å². The van der Waals surface area contributed by atoms with E-state index < -0.39 is 9.84 Å². The Labute approximate surface area is 136 Å². The number of nitrogens with one attached hydrogen (secondary N) is 1. The van der Waals surface area contributed by atoms with Crippen LogP contribution in [0.4, 0.5) is 5.69 Å². The van der Waals surface area contributed by atoms with Crippen LogP contribution in [0.3, 0.4) is 0 Å². The average molecular weight is 345 g/mol. The van der Waals surface area contributed by atoms with Crippen LogP contribution in [0.5, 0.6) is 0 Å². The molecule has 1 heterocycles. The quantitative estimate of drug-likeness (QED) is 0.805. The molecule has 0 spiro atoms. The fourth-order valence-electron chi connectivity index (χ4n) is 2.50. The summed E-state index contributed by atoms with van der Waals surface area (Å²) >= 11 is 6.01. The Balaban J connectivity index is 2.05. The molecular weight excluding hydrogens is 324 g/mol. The van der Waals surface area contributed by atoms with Gasteiger partial charge >= 0.3 is 0 Å². The van der Waals surface area contributed by atoms with Crippen LogP contribution in [-0.4, -0.2) is 50.9 Å². The minimum atomic E-state index is -2.96. The van der Waals surface area contributed by atoms with Crippen molar-refractivity contribution in [2.75, 3.05) is 37.0 Å². The van der Waals surface area contributed by atoms with E-state index in [1.807, 2.05) is 4.90 Å². The van der Waals surface area contributed by atoms with Crippen molar-refractivity contribution < 1.29 is 13.2 Å². The lowest BCUT2D eigenvalue weighted by Crippen LogP contribution is -2.28. The Kier molecular flexibility index (Phi) is 5.69. The molecule has 1 amide bonds. The topological polar surface area (TPSA) is 66.5 Å². The summed E-state index contributed by atoms with van der Waals surface area (Å²) in [4.78, 5) is 14.4. The number of sulfone groups is 1. The van der Waals surface area contributed by atoms with Crippen molar-refractivity contribution in [2.24, 2.45) is 0 Å². The number of halogens is 1. The normalized spacial score (nSPS) is 15.1. The fraction of sp³-hybridized carbons (Fsp3) is 0.533. The maximum absolute atomic E-state index is 12.5. The number of hydrogen-bond acceptors (Lipinski definition) is 4. The van der Waals surface area contributed by atoms with Gasteiger partial charge < -0.3 is 10.2 Å². The van der Waals surface area contributed by atoms with Crippen LogP contribution in [0.1, 0.15) is 29.6 Å². The van der Waals surface area contributed by atoms with Gasteiger partial charge in [-0.25, -0.2) is 8.42 Å². The predicted octanol–water partition coefficient (Wildman–Crippen LogP) is 2.42. The van der Waals surface area contributed by atoms with Crippen molar-refractivity contribution in [1.82, 2.24) is 4.90 Å². The molecule has 1 aliphatic rings. The van der Waals surface area contributed by atoms with E-state index in [1.165, 1.54) is 6.26 Å². The smallest absolute Gasteiger partial charge is 0.256 e. The molecule has 0 radical (unpaired) electrons. The summed E-state index contributed by atoms with van der Waals surface area (Å²) in [6.07, 6.45) is 3.78. The third-order valence-corrected chi connectivity index (χ3v) is 4.88. The Morgan fingerprint density at radius 3 is 2.64 bits per heavy atom. The summed E-state index contributed by atoms with van der Waals surface area (Å²) in [6, 6.07) is 5.16. The highest BCUT2D eigenvalue weighted by Crippen LogP contribution is 2.24. The monoisotopic (exact) mass is 344 g/mol. The molecule has 7 heteroatoms. The Morgan fingerprint density at radius 2 is 2.00 bits per heavy atom. The molecule has 1 saturated heterocycles. The fourth-order valence-corrected chi connectivity index (χ4v) is 3.34. The zero-order chi connectivity index (χ0) is 16.2. The minimum absolute atomic E-state index is 0.0226. The first-order valence-corrected chi connectivity index (χ1v) is 9.81. The van der Waals surface area contributed by atoms with Gasteiger partial charge in [-0.3, -0.25) is 4.79 Å². The van der Waals surface area contributed by atoms with Crippen LogP contribution < -0.4 is 5.32 Å². The van der Waals surface area contributed by atoms with E-state index in [0.29, 0.717) is 29.2 Å². The lowest BCUT2D eigenvalue weighted by atomic mass is 10.1. The zero-order valence-corrected chi connectivity index (χ0v) is 14.2. The molecule has 0 bridgehead atoms. The lowest BCUT2D eigenvalue weighted by Gasteiger charge is -2.18. The van der Waals surface area contributed by atoms with E-state index in [9.17, 15) is 13.2 Å². The summed E-state index contributed by atoms with van der Waals surface area (Å²) in [5.74, 6) is 0.105. The first kappa shape index (κ1) is 17.1. The molecule has 2 rings (SSSR count). The SMILES string of the molecule is CS(=O)(=O)CCCNc1ccc(Cl)cc1C(=O)N1CCCC1. The van der Waals surface area contributed by atoms with E-state index in [1.54, 1.807) is 18.2 Å². The number of carbonyl (C=O) groups excluding carboxylic acids is 1. The molecule has 1 N–H and O–H groups in total. The third-order valence-electron chi connectivity index (χ3n) is 3.61. The molecular formula is C15H21ClN2O3S. The highest BCUT2D eigenvalue weighted by Gasteiger charge is 2.22. The van der Waals surface area contributed by atoms with Crippen LogP contribution in [0.15, 0.2) is 18.2 Å². The molecule has 0 saturated carbocycles. The average Bonchev–Trinajstić information content (AvgIpc) is 2.97. The Bertz CT molecular complexity index is 640. The Morgan fingerprint density at radius 1 is 1.32 bits per heavy atom. The highest BCUT2D eigenvalue weighted by atomic mass is 35.5. The lowest BCUT2D eigenvalue weighted by molar-refractivity contribution is 0.0793. The number of amides is 1. The van der Waals surface area contributed by atoms with Gasteiger partial charge in [0.15, 0.2) is 0 Å². The molecule has 1 aromatic rings. The molecule has 0 aliphatic carbocycles. The van der Waals surface area contributed by atoms with Crippen molar-refractivity contribution >= 4 is 33.0 Å². The van der Waals surface area contributed by atoms with Gasteiger partial charge in [-0.1, -0.05) is 11.6 Å². The van der Waals surface area contributed by atoms with Gasteiger partial charge in [-0.2, -0.15) is 0 Å². The summed E-state index contributed by atoms with van der Waals surface area (Å²) < 4.78 is 22.3. The largest absolute Gasteiger partial charge is 0.384 e. The van der Waals surface area contributed by atoms with Gasteiger partial charge in [0.05, 0.1) is 11.3 Å². The van der Waals surface area contributed by atoms with Crippen LogP contribution in [0.25, 0.3) is 0 Å². The predicted molar refractivity (Wildman–Crippen MR) is 89.4 cm³/mol. The van der Waals surface area contributed by atoms with Gasteiger partial charge in [0.2, 0.25) is 0 Å². The second kappa shape index (κ2) is 7.33. The maximum Gasteiger partial charge on any atom is 0.256 e. The van der Waals surface area contributed by atoms with Crippen LogP contribution in [0, 0.1) is 0 Å². The van der Waals surface area contributed by atoms with Crippen LogP contribution in [-0.2, 0) is 9.84 Å². The number of rotatable bonds is 6. The number of likely N-dealkylation sites (tertiary alicyclic amines) is 1. The van der Waals surface area contributed by atoms with E-state index in [-0.39, 0.29) is 11.7 Å². The molecule has 0 aromatic heterocycles. The molecule has 1 fully saturated rings. The van der Waals surface area contributed by atoms with E-state index in [0.717, 1.165) is 25.9 Å². The standard InChI is InChI=1S/C15H21ClN2O3S/c1-22(20,21)10-4-7-17-14-6-5-12(16)11-13(14)15(19)18-8-2-3-9-18/h5-6,11,17H,2-4,7-10H2,1H3. The summed E-state index contributed by atoms with van der Waals surface area (Å²) in [5, 5.41) is 3.66. The van der Waals surface area contributed by atoms with Gasteiger partial charge in [0.1, 0.15) is 9.84 Å². The summed E-state index contributed by atoms with van der Waals surface area (Å²) in [6.45, 7) is 2.05. The number of nitrogens with zero attached hydrogens (tertiary/aromatic N) is 1. The zero-order valence-electron chi connectivity index (χ0n) is 12.6. The molecule has 0 unspecified atom stereocenters. The van der Waals surface area contributed by atoms with Crippen molar-refractivity contribution in [3.8, 4) is 0 Å². The molecule has 1 aromatic carbocycles. The maximum atomic E-state index is 12.5. The first-order valence-electron chi connectivity index (χ1n) is 7.37. The van der Waals surface area contributed by atoms with E-state index in [4.69, 9.17) is 11.6 Å². The molecule has 5 nitrogen and oxygen atoms in total. The molecule has 0 atom stereocenters. The van der Waals surface area contributed by atoms with Crippen molar-refractivity contribution in [3.63, 3.8) is 0 Å². The Hall–Kier alpha value is -1.27. The number of anilines is 1. The van der Waals surface area contributed by atoms with Gasteiger partial charge in [-0.15, -0.1) is 0 Å². The number of carbonyl (C=O) groups is 1. The summed E-state index contributed by atoms with van der Waals surface area (Å²) in [7, 11) is -2.96. The number of hydrogen-bond donors (Lipinski definition) is 1. The van der Waals surface area contributed by atoms with E-state index in [2.05, 4.69) is 5.32 Å². The number of benzene rings is 1. The van der Waals surface area contributed by atoms with Crippen molar-refractivity contribution in [2.45, 2.75) is 19.3 Å². The molecule has 22 heavy (non-hydrogen) atoms. The second-order valence-electron chi connectivity index (χ2n) is 5.60.